The van der Waals surface area contributed by atoms with Gasteiger partial charge in [0.15, 0.2) is 0 Å². The Morgan fingerprint density at radius 1 is 1.37 bits per heavy atom. The topological polar surface area (TPSA) is 57.0 Å². The molecule has 1 saturated heterocycles. The minimum Gasteiger partial charge on any atom is -0.323 e. The van der Waals surface area contributed by atoms with Crippen LogP contribution in [-0.2, 0) is 0 Å². The zero-order valence-corrected chi connectivity index (χ0v) is 10.4. The van der Waals surface area contributed by atoms with Crippen LogP contribution < -0.4 is 0 Å². The Hall–Kier alpha value is -2.41. The maximum atomic E-state index is 12.6. The van der Waals surface area contributed by atoms with Crippen molar-refractivity contribution in [2.45, 2.75) is 18.9 Å². The van der Waals surface area contributed by atoms with Crippen LogP contribution in [0, 0.1) is 11.3 Å². The second kappa shape index (κ2) is 4.69. The van der Waals surface area contributed by atoms with Crippen LogP contribution in [0.2, 0.25) is 0 Å². The molecule has 3 rings (SSSR count). The molecule has 2 heterocycles. The predicted molar refractivity (Wildman–Crippen MR) is 71.4 cm³/mol. The molecule has 1 aliphatic rings. The third-order valence-electron chi connectivity index (χ3n) is 3.53. The summed E-state index contributed by atoms with van der Waals surface area (Å²) in [5.74, 6) is -0.0895. The lowest BCUT2D eigenvalue weighted by molar-refractivity contribution is 0.0766. The molecule has 0 aliphatic carbocycles. The fraction of sp³-hybridized carbons (Fsp3) is 0.267. The van der Waals surface area contributed by atoms with E-state index in [-0.39, 0.29) is 11.9 Å². The summed E-state index contributed by atoms with van der Waals surface area (Å²) in [6, 6.07) is 11.3. The maximum Gasteiger partial charge on any atom is 0.257 e. The van der Waals surface area contributed by atoms with Gasteiger partial charge in [0, 0.05) is 18.1 Å². The lowest BCUT2D eigenvalue weighted by Gasteiger charge is -2.20. The van der Waals surface area contributed by atoms with Crippen LogP contribution in [0.5, 0.6) is 0 Å². The van der Waals surface area contributed by atoms with E-state index in [1.54, 1.807) is 17.2 Å². The van der Waals surface area contributed by atoms with Crippen molar-refractivity contribution in [3.63, 3.8) is 0 Å². The number of fused-ring (bicyclic) bond motifs is 1. The van der Waals surface area contributed by atoms with E-state index in [0.29, 0.717) is 17.6 Å². The van der Waals surface area contributed by atoms with Gasteiger partial charge in [0.1, 0.15) is 6.04 Å². The summed E-state index contributed by atoms with van der Waals surface area (Å²) in [6.45, 7) is 0.653. The van der Waals surface area contributed by atoms with E-state index in [9.17, 15) is 4.79 Å². The SMILES string of the molecule is N#CC1CCCN1C(=O)c1cccc2cccnc12. The number of pyridine rings is 1. The van der Waals surface area contributed by atoms with Crippen LogP contribution in [0.15, 0.2) is 36.5 Å². The second-order valence-corrected chi connectivity index (χ2v) is 4.67. The number of hydrogen-bond acceptors (Lipinski definition) is 3. The molecule has 0 radical (unpaired) electrons. The number of rotatable bonds is 1. The molecule has 0 saturated carbocycles. The van der Waals surface area contributed by atoms with E-state index >= 15 is 0 Å². The summed E-state index contributed by atoms with van der Waals surface area (Å²) in [5.41, 5.74) is 1.29. The molecule has 0 N–H and O–H groups in total. The van der Waals surface area contributed by atoms with Crippen molar-refractivity contribution < 1.29 is 4.79 Å². The van der Waals surface area contributed by atoms with Crippen molar-refractivity contribution in [1.82, 2.24) is 9.88 Å². The molecular formula is C15H13N3O. The fourth-order valence-corrected chi connectivity index (χ4v) is 2.58. The van der Waals surface area contributed by atoms with Crippen molar-refractivity contribution in [2.24, 2.45) is 0 Å². The first kappa shape index (κ1) is 11.7. The lowest BCUT2D eigenvalue weighted by Crippen LogP contribution is -2.34. The van der Waals surface area contributed by atoms with E-state index in [0.717, 1.165) is 18.2 Å². The number of nitriles is 1. The molecule has 0 bridgehead atoms. The van der Waals surface area contributed by atoms with Gasteiger partial charge in [-0.1, -0.05) is 18.2 Å². The van der Waals surface area contributed by atoms with Crippen molar-refractivity contribution in [2.75, 3.05) is 6.54 Å². The highest BCUT2D eigenvalue weighted by atomic mass is 16.2. The minimum absolute atomic E-state index is 0.0895. The van der Waals surface area contributed by atoms with Crippen molar-refractivity contribution in [3.05, 3.63) is 42.1 Å². The number of benzene rings is 1. The molecule has 1 fully saturated rings. The maximum absolute atomic E-state index is 12.6. The molecular weight excluding hydrogens is 238 g/mol. The second-order valence-electron chi connectivity index (χ2n) is 4.67. The van der Waals surface area contributed by atoms with Crippen LogP contribution in [0.1, 0.15) is 23.2 Å². The Bertz CT molecular complexity index is 669. The molecule has 1 atom stereocenters. The number of carbonyl (C=O) groups is 1. The van der Waals surface area contributed by atoms with Gasteiger partial charge in [0.05, 0.1) is 17.1 Å². The summed E-state index contributed by atoms with van der Waals surface area (Å²) >= 11 is 0. The molecule has 19 heavy (non-hydrogen) atoms. The van der Waals surface area contributed by atoms with Crippen LogP contribution in [0.4, 0.5) is 0 Å². The van der Waals surface area contributed by atoms with E-state index < -0.39 is 0 Å². The smallest absolute Gasteiger partial charge is 0.257 e. The van der Waals surface area contributed by atoms with Crippen LogP contribution in [-0.4, -0.2) is 28.4 Å². The number of carbonyl (C=O) groups excluding carboxylic acids is 1. The first-order valence-electron chi connectivity index (χ1n) is 6.35. The van der Waals surface area contributed by atoms with Crippen molar-refractivity contribution >= 4 is 16.8 Å². The third-order valence-corrected chi connectivity index (χ3v) is 3.53. The van der Waals surface area contributed by atoms with Crippen LogP contribution in [0.3, 0.4) is 0 Å². The Morgan fingerprint density at radius 3 is 3.05 bits per heavy atom. The van der Waals surface area contributed by atoms with Gasteiger partial charge in [0.2, 0.25) is 0 Å². The highest BCUT2D eigenvalue weighted by Crippen LogP contribution is 2.23. The van der Waals surface area contributed by atoms with Gasteiger partial charge in [-0.25, -0.2) is 0 Å². The molecule has 1 amide bonds. The number of likely N-dealkylation sites (tertiary alicyclic amines) is 1. The van der Waals surface area contributed by atoms with E-state index in [4.69, 9.17) is 5.26 Å². The van der Waals surface area contributed by atoms with Gasteiger partial charge in [-0.2, -0.15) is 5.26 Å². The standard InChI is InChI=1S/C15H13N3O/c16-10-12-6-3-9-18(12)15(19)13-7-1-4-11-5-2-8-17-14(11)13/h1-2,4-5,7-8,12H,3,6,9H2. The highest BCUT2D eigenvalue weighted by molar-refractivity contribution is 6.05. The zero-order valence-electron chi connectivity index (χ0n) is 10.4. The zero-order chi connectivity index (χ0) is 13.2. The molecule has 1 unspecified atom stereocenters. The first-order chi connectivity index (χ1) is 9.31. The molecule has 1 aromatic carbocycles. The largest absolute Gasteiger partial charge is 0.323 e. The summed E-state index contributed by atoms with van der Waals surface area (Å²) in [4.78, 5) is 18.5. The summed E-state index contributed by atoms with van der Waals surface area (Å²) < 4.78 is 0. The number of aromatic nitrogens is 1. The molecule has 1 aromatic heterocycles. The van der Waals surface area contributed by atoms with Gasteiger partial charge < -0.3 is 4.90 Å². The Kier molecular flexibility index (Phi) is 2.88. The molecule has 4 nitrogen and oxygen atoms in total. The molecule has 4 heteroatoms. The normalized spacial score (nSPS) is 18.5. The molecule has 2 aromatic rings. The van der Waals surface area contributed by atoms with Gasteiger partial charge in [-0.05, 0) is 25.0 Å². The first-order valence-corrected chi connectivity index (χ1v) is 6.35. The van der Waals surface area contributed by atoms with Gasteiger partial charge in [-0.3, -0.25) is 9.78 Å². The van der Waals surface area contributed by atoms with Crippen molar-refractivity contribution in [1.29, 1.82) is 5.26 Å². The van der Waals surface area contributed by atoms with Crippen molar-refractivity contribution in [3.8, 4) is 6.07 Å². The Labute approximate surface area is 111 Å². The van der Waals surface area contributed by atoms with Crippen LogP contribution >= 0.6 is 0 Å². The number of amides is 1. The van der Waals surface area contributed by atoms with Gasteiger partial charge >= 0.3 is 0 Å². The minimum atomic E-state index is -0.300. The highest BCUT2D eigenvalue weighted by Gasteiger charge is 2.30. The van der Waals surface area contributed by atoms with Gasteiger partial charge in [0.25, 0.3) is 5.91 Å². The Morgan fingerprint density at radius 2 is 2.21 bits per heavy atom. The van der Waals surface area contributed by atoms with E-state index in [1.807, 2.05) is 24.3 Å². The van der Waals surface area contributed by atoms with E-state index in [2.05, 4.69) is 11.1 Å². The quantitative estimate of drug-likeness (QED) is 0.781. The Balaban J connectivity index is 2.05. The van der Waals surface area contributed by atoms with Gasteiger partial charge in [-0.15, -0.1) is 0 Å². The molecule has 0 spiro atoms. The van der Waals surface area contributed by atoms with Crippen LogP contribution in [0.25, 0.3) is 10.9 Å². The average Bonchev–Trinajstić information content (AvgIpc) is 2.94. The third kappa shape index (κ3) is 1.93. The number of hydrogen-bond donors (Lipinski definition) is 0. The number of para-hydroxylation sites is 1. The molecule has 94 valence electrons. The monoisotopic (exact) mass is 251 g/mol. The summed E-state index contributed by atoms with van der Waals surface area (Å²) in [6.07, 6.45) is 3.34. The summed E-state index contributed by atoms with van der Waals surface area (Å²) in [5, 5.41) is 10.0. The lowest BCUT2D eigenvalue weighted by atomic mass is 10.1. The predicted octanol–water partition coefficient (Wildman–Crippen LogP) is 2.36. The van der Waals surface area contributed by atoms with E-state index in [1.165, 1.54) is 0 Å². The number of nitrogens with zero attached hydrogens (tertiary/aromatic N) is 3. The molecule has 1 aliphatic heterocycles. The fourth-order valence-electron chi connectivity index (χ4n) is 2.58. The average molecular weight is 251 g/mol. The summed E-state index contributed by atoms with van der Waals surface area (Å²) in [7, 11) is 0.